The molecule has 1 aliphatic heterocycles. The normalized spacial score (nSPS) is 27.4. The lowest BCUT2D eigenvalue weighted by molar-refractivity contribution is -0.126. The molecule has 0 radical (unpaired) electrons. The highest BCUT2D eigenvalue weighted by molar-refractivity contribution is 5.80. The molecule has 4 atom stereocenters. The van der Waals surface area contributed by atoms with Gasteiger partial charge in [0, 0.05) is 24.1 Å². The molecular weight excluding hydrogens is 336 g/mol. The fourth-order valence-electron chi connectivity index (χ4n) is 4.71. The lowest BCUT2D eigenvalue weighted by atomic mass is 9.93. The van der Waals surface area contributed by atoms with Gasteiger partial charge >= 0.3 is 0 Å². The van der Waals surface area contributed by atoms with Crippen LogP contribution in [0.4, 0.5) is 0 Å². The zero-order valence-electron chi connectivity index (χ0n) is 15.5. The highest BCUT2D eigenvalue weighted by Crippen LogP contribution is 2.43. The smallest absolute Gasteiger partial charge is 0.223 e. The number of rotatable bonds is 4. The van der Waals surface area contributed by atoms with Crippen molar-refractivity contribution >= 4 is 5.91 Å². The highest BCUT2D eigenvalue weighted by Gasteiger charge is 2.40. The van der Waals surface area contributed by atoms with E-state index in [1.165, 1.54) is 5.56 Å². The van der Waals surface area contributed by atoms with Crippen LogP contribution in [-0.2, 0) is 11.2 Å². The van der Waals surface area contributed by atoms with Crippen molar-refractivity contribution < 1.29 is 9.53 Å². The van der Waals surface area contributed by atoms with Crippen LogP contribution in [0.3, 0.4) is 0 Å². The molecule has 1 aromatic heterocycles. The summed E-state index contributed by atoms with van der Waals surface area (Å²) in [5, 5.41) is 3.14. The molecule has 2 heterocycles. The van der Waals surface area contributed by atoms with E-state index in [9.17, 15) is 4.79 Å². The quantitative estimate of drug-likeness (QED) is 0.846. The van der Waals surface area contributed by atoms with Crippen molar-refractivity contribution in [2.75, 3.05) is 6.54 Å². The molecule has 1 N–H and O–H groups in total. The Morgan fingerprint density at radius 1 is 1.22 bits per heavy atom. The van der Waals surface area contributed by atoms with E-state index in [4.69, 9.17) is 4.74 Å². The van der Waals surface area contributed by atoms with Crippen molar-refractivity contribution in [3.63, 3.8) is 0 Å². The van der Waals surface area contributed by atoms with Gasteiger partial charge in [-0.05, 0) is 54.9 Å². The predicted molar refractivity (Wildman–Crippen MR) is 104 cm³/mol. The molecule has 138 valence electrons. The average molecular weight is 360 g/mol. The minimum absolute atomic E-state index is 0.00955. The summed E-state index contributed by atoms with van der Waals surface area (Å²) in [6.07, 6.45) is 9.34. The lowest BCUT2D eigenvalue weighted by Gasteiger charge is -2.19. The van der Waals surface area contributed by atoms with E-state index in [0.29, 0.717) is 18.4 Å². The molecule has 1 saturated carbocycles. The molecule has 1 fully saturated rings. The van der Waals surface area contributed by atoms with Gasteiger partial charge in [0.05, 0.1) is 12.2 Å². The van der Waals surface area contributed by atoms with Crippen molar-refractivity contribution in [2.45, 2.75) is 32.3 Å². The van der Waals surface area contributed by atoms with Crippen molar-refractivity contribution in [1.29, 1.82) is 0 Å². The molecular formula is C23H24N2O2. The van der Waals surface area contributed by atoms with Crippen molar-refractivity contribution in [3.8, 4) is 17.0 Å². The maximum absolute atomic E-state index is 12.6. The number of aromatic nitrogens is 1. The zero-order valence-corrected chi connectivity index (χ0v) is 15.5. The number of pyridine rings is 1. The number of nitrogens with one attached hydrogen (secondary N) is 1. The van der Waals surface area contributed by atoms with Crippen LogP contribution in [0.15, 0.2) is 48.7 Å². The Kier molecular flexibility index (Phi) is 4.00. The Morgan fingerprint density at radius 2 is 2.15 bits per heavy atom. The van der Waals surface area contributed by atoms with Crippen molar-refractivity contribution in [3.05, 3.63) is 59.8 Å². The van der Waals surface area contributed by atoms with Crippen molar-refractivity contribution in [1.82, 2.24) is 10.3 Å². The zero-order chi connectivity index (χ0) is 18.4. The van der Waals surface area contributed by atoms with Crippen LogP contribution in [0.2, 0.25) is 0 Å². The second kappa shape index (κ2) is 6.52. The van der Waals surface area contributed by atoms with Gasteiger partial charge in [0.2, 0.25) is 5.91 Å². The van der Waals surface area contributed by atoms with Gasteiger partial charge in [0.15, 0.2) is 0 Å². The third-order valence-electron chi connectivity index (χ3n) is 6.14. The van der Waals surface area contributed by atoms with Crippen LogP contribution >= 0.6 is 0 Å². The number of aryl methyl sites for hydroxylation is 1. The van der Waals surface area contributed by atoms with Crippen LogP contribution in [0.25, 0.3) is 11.3 Å². The van der Waals surface area contributed by atoms with Gasteiger partial charge in [0.1, 0.15) is 11.9 Å². The van der Waals surface area contributed by atoms with E-state index in [1.807, 2.05) is 19.2 Å². The molecule has 5 rings (SSSR count). The lowest BCUT2D eigenvalue weighted by Crippen LogP contribution is -2.39. The van der Waals surface area contributed by atoms with Crippen LogP contribution in [0.1, 0.15) is 24.0 Å². The molecule has 0 saturated heterocycles. The summed E-state index contributed by atoms with van der Waals surface area (Å²) in [4.78, 5) is 17.1. The highest BCUT2D eigenvalue weighted by atomic mass is 16.5. The largest absolute Gasteiger partial charge is 0.487 e. The van der Waals surface area contributed by atoms with Crippen LogP contribution in [0.5, 0.6) is 5.75 Å². The Hall–Kier alpha value is -2.62. The second-order valence-corrected chi connectivity index (χ2v) is 8.09. The van der Waals surface area contributed by atoms with Gasteiger partial charge in [-0.15, -0.1) is 0 Å². The molecule has 2 aromatic rings. The van der Waals surface area contributed by atoms with Gasteiger partial charge in [-0.1, -0.05) is 30.4 Å². The molecule has 1 aromatic carbocycles. The number of allylic oxidation sites excluding steroid dienone is 2. The molecule has 4 heteroatoms. The maximum atomic E-state index is 12.6. The molecule has 0 spiro atoms. The maximum Gasteiger partial charge on any atom is 0.223 e. The minimum Gasteiger partial charge on any atom is -0.487 e. The molecule has 1 amide bonds. The Balaban J connectivity index is 1.26. The molecule has 2 aliphatic carbocycles. The first-order valence-corrected chi connectivity index (χ1v) is 9.85. The number of para-hydroxylation sites is 1. The fourth-order valence-corrected chi connectivity index (χ4v) is 4.71. The molecule has 1 unspecified atom stereocenters. The van der Waals surface area contributed by atoms with Crippen LogP contribution < -0.4 is 10.1 Å². The van der Waals surface area contributed by atoms with Gasteiger partial charge in [-0.3, -0.25) is 9.78 Å². The summed E-state index contributed by atoms with van der Waals surface area (Å²) < 4.78 is 6.23. The molecule has 4 nitrogen and oxygen atoms in total. The van der Waals surface area contributed by atoms with E-state index in [-0.39, 0.29) is 17.9 Å². The van der Waals surface area contributed by atoms with Crippen LogP contribution in [-0.4, -0.2) is 23.5 Å². The summed E-state index contributed by atoms with van der Waals surface area (Å²) >= 11 is 0. The van der Waals surface area contributed by atoms with E-state index in [0.717, 1.165) is 41.8 Å². The number of carbonyl (C=O) groups is 1. The standard InChI is InChI=1S/C23H24N2O2/c1-14-5-8-21(24-12-14)19-4-2-3-17-11-18(27-22(17)19)13-25-23(26)20-10-15-6-7-16(20)9-15/h2-8,12,15-16,18,20H,9-11,13H2,1H3,(H,25,26)/t15-,16+,18?,20+/m0/s1. The first kappa shape index (κ1) is 16.5. The number of hydrogen-bond acceptors (Lipinski definition) is 3. The third kappa shape index (κ3) is 3.03. The number of fused-ring (bicyclic) bond motifs is 3. The van der Waals surface area contributed by atoms with E-state index in [2.05, 4.69) is 46.7 Å². The van der Waals surface area contributed by atoms with E-state index in [1.54, 1.807) is 0 Å². The number of nitrogens with zero attached hydrogens (tertiary/aromatic N) is 1. The molecule has 3 aliphatic rings. The second-order valence-electron chi connectivity index (χ2n) is 8.09. The monoisotopic (exact) mass is 360 g/mol. The number of benzene rings is 1. The van der Waals surface area contributed by atoms with Crippen molar-refractivity contribution in [2.24, 2.45) is 17.8 Å². The first-order valence-electron chi connectivity index (χ1n) is 9.85. The number of carbonyl (C=O) groups excluding carboxylic acids is 1. The van der Waals surface area contributed by atoms with Gasteiger partial charge in [-0.25, -0.2) is 0 Å². The molecule has 27 heavy (non-hydrogen) atoms. The fraction of sp³-hybridized carbons (Fsp3) is 0.391. The number of ether oxygens (including phenoxy) is 1. The summed E-state index contributed by atoms with van der Waals surface area (Å²) in [5.41, 5.74) is 4.29. The Morgan fingerprint density at radius 3 is 2.89 bits per heavy atom. The number of hydrogen-bond donors (Lipinski definition) is 1. The SMILES string of the molecule is Cc1ccc(-c2cccc3c2OC(CNC(=O)[C@@H]2C[C@H]4C=C[C@@H]2C4)C3)nc1. The van der Waals surface area contributed by atoms with Crippen LogP contribution in [0, 0.1) is 24.7 Å². The minimum atomic E-state index is -0.00955. The summed E-state index contributed by atoms with van der Waals surface area (Å²) in [7, 11) is 0. The average Bonchev–Trinajstić information content (AvgIpc) is 3.41. The Bertz CT molecular complexity index is 903. The summed E-state index contributed by atoms with van der Waals surface area (Å²) in [6.45, 7) is 2.60. The third-order valence-corrected chi connectivity index (χ3v) is 6.14. The Labute approximate surface area is 159 Å². The molecule has 2 bridgehead atoms. The van der Waals surface area contributed by atoms with Gasteiger partial charge in [-0.2, -0.15) is 0 Å². The number of amides is 1. The van der Waals surface area contributed by atoms with Gasteiger partial charge < -0.3 is 10.1 Å². The van der Waals surface area contributed by atoms with E-state index < -0.39 is 0 Å². The summed E-state index contributed by atoms with van der Waals surface area (Å²) in [6, 6.07) is 10.3. The predicted octanol–water partition coefficient (Wildman–Crippen LogP) is 3.69. The first-order chi connectivity index (χ1) is 13.2. The van der Waals surface area contributed by atoms with Gasteiger partial charge in [0.25, 0.3) is 0 Å². The summed E-state index contributed by atoms with van der Waals surface area (Å²) in [5.74, 6) is 2.30. The topological polar surface area (TPSA) is 51.2 Å². The van der Waals surface area contributed by atoms with E-state index >= 15 is 0 Å².